The predicted molar refractivity (Wildman–Crippen MR) is 86.1 cm³/mol. The minimum atomic E-state index is 0.360. The van der Waals surface area contributed by atoms with E-state index in [-0.39, 0.29) is 0 Å². The summed E-state index contributed by atoms with van der Waals surface area (Å²) in [7, 11) is 0. The van der Waals surface area contributed by atoms with Crippen molar-refractivity contribution in [3.63, 3.8) is 0 Å². The van der Waals surface area contributed by atoms with Gasteiger partial charge >= 0.3 is 0 Å². The van der Waals surface area contributed by atoms with Gasteiger partial charge in [0.1, 0.15) is 4.99 Å². The van der Waals surface area contributed by atoms with Gasteiger partial charge in [0.2, 0.25) is 0 Å². The van der Waals surface area contributed by atoms with E-state index >= 15 is 0 Å². The smallest absolute Gasteiger partial charge is 0.106 e. The highest BCUT2D eigenvalue weighted by atomic mass is 32.1. The summed E-state index contributed by atoms with van der Waals surface area (Å²) < 4.78 is 0. The molecule has 2 rings (SSSR count). The number of aromatic nitrogens is 1. The molecule has 3 N–H and O–H groups in total. The Morgan fingerprint density at radius 2 is 2.32 bits per heavy atom. The molecule has 0 radical (unpaired) electrons. The van der Waals surface area contributed by atoms with E-state index in [1.54, 1.807) is 11.3 Å². The second-order valence-corrected chi connectivity index (χ2v) is 5.88. The topological polar surface area (TPSA) is 50.9 Å². The summed E-state index contributed by atoms with van der Waals surface area (Å²) in [5.41, 5.74) is 8.85. The molecule has 1 atom stereocenters. The minimum absolute atomic E-state index is 0.360. The average Bonchev–Trinajstić information content (AvgIpc) is 2.90. The summed E-state index contributed by atoms with van der Waals surface area (Å²) in [6, 6.07) is 5.98. The first-order chi connectivity index (χ1) is 9.09. The minimum Gasteiger partial charge on any atom is -0.389 e. The third-order valence-corrected chi connectivity index (χ3v) is 4.22. The van der Waals surface area contributed by atoms with Crippen molar-refractivity contribution in [2.75, 3.05) is 11.9 Å². The van der Waals surface area contributed by atoms with Crippen LogP contribution in [0.25, 0.3) is 0 Å². The molecule has 2 aromatic rings. The first kappa shape index (κ1) is 14.0. The number of anilines is 1. The molecule has 19 heavy (non-hydrogen) atoms. The zero-order valence-corrected chi connectivity index (χ0v) is 12.6. The Kier molecular flexibility index (Phi) is 4.50. The average molecular weight is 291 g/mol. The highest BCUT2D eigenvalue weighted by molar-refractivity contribution is 7.80. The summed E-state index contributed by atoms with van der Waals surface area (Å²) in [6.45, 7) is 5.02. The highest BCUT2D eigenvalue weighted by Gasteiger charge is 2.11. The molecule has 0 aliphatic carbocycles. The van der Waals surface area contributed by atoms with Crippen LogP contribution in [0, 0.1) is 6.92 Å². The van der Waals surface area contributed by atoms with Gasteiger partial charge in [-0.2, -0.15) is 0 Å². The van der Waals surface area contributed by atoms with Crippen molar-refractivity contribution in [2.24, 2.45) is 5.73 Å². The van der Waals surface area contributed by atoms with Crippen molar-refractivity contribution in [3.05, 3.63) is 45.9 Å². The molecule has 0 fully saturated rings. The van der Waals surface area contributed by atoms with E-state index in [0.717, 1.165) is 28.4 Å². The molecule has 1 heterocycles. The third-order valence-electron chi connectivity index (χ3n) is 3.00. The summed E-state index contributed by atoms with van der Waals surface area (Å²) in [6.07, 6.45) is 1.84. The fourth-order valence-electron chi connectivity index (χ4n) is 1.93. The van der Waals surface area contributed by atoms with Gasteiger partial charge in [0.05, 0.1) is 5.01 Å². The Morgan fingerprint density at radius 3 is 2.95 bits per heavy atom. The second-order valence-electron chi connectivity index (χ2n) is 4.51. The number of aryl methyl sites for hydroxylation is 1. The molecule has 0 aliphatic heterocycles. The number of thiocarbonyl (C=S) groups is 1. The fourth-order valence-corrected chi connectivity index (χ4v) is 2.80. The summed E-state index contributed by atoms with van der Waals surface area (Å²) in [5, 5.41) is 6.59. The van der Waals surface area contributed by atoms with Gasteiger partial charge in [0.15, 0.2) is 0 Å². The number of hydrogen-bond acceptors (Lipinski definition) is 4. The number of nitrogens with two attached hydrogens (primary N) is 1. The Hall–Kier alpha value is -1.46. The van der Waals surface area contributed by atoms with Gasteiger partial charge < -0.3 is 11.1 Å². The van der Waals surface area contributed by atoms with Crippen LogP contribution in [-0.4, -0.2) is 16.5 Å². The number of para-hydroxylation sites is 1. The van der Waals surface area contributed by atoms with E-state index < -0.39 is 0 Å². The van der Waals surface area contributed by atoms with Crippen LogP contribution in [-0.2, 0) is 0 Å². The van der Waals surface area contributed by atoms with Gasteiger partial charge in [-0.25, -0.2) is 4.98 Å². The van der Waals surface area contributed by atoms with Gasteiger partial charge in [-0.1, -0.05) is 31.3 Å². The number of hydrogen-bond donors (Lipinski definition) is 2. The molecule has 1 aromatic carbocycles. The van der Waals surface area contributed by atoms with Gasteiger partial charge in [0.25, 0.3) is 0 Å². The SMILES string of the molecule is Cc1cccc(C(N)=S)c1NCC(C)c1nccs1. The van der Waals surface area contributed by atoms with Crippen LogP contribution in [0.3, 0.4) is 0 Å². The molecule has 0 aliphatic rings. The monoisotopic (exact) mass is 291 g/mol. The van der Waals surface area contributed by atoms with Crippen molar-refractivity contribution in [3.8, 4) is 0 Å². The maximum absolute atomic E-state index is 5.77. The van der Waals surface area contributed by atoms with Crippen molar-refractivity contribution >= 4 is 34.2 Å². The molecule has 1 unspecified atom stereocenters. The van der Waals surface area contributed by atoms with Gasteiger partial charge in [-0.05, 0) is 18.6 Å². The Bertz CT molecular complexity index is 564. The van der Waals surface area contributed by atoms with Crippen molar-refractivity contribution in [2.45, 2.75) is 19.8 Å². The Balaban J connectivity index is 2.13. The van der Waals surface area contributed by atoms with Crippen LogP contribution in [0.1, 0.15) is 29.0 Å². The molecule has 0 saturated heterocycles. The van der Waals surface area contributed by atoms with Crippen LogP contribution in [0.15, 0.2) is 29.8 Å². The largest absolute Gasteiger partial charge is 0.389 e. The lowest BCUT2D eigenvalue weighted by Crippen LogP contribution is -2.17. The zero-order chi connectivity index (χ0) is 13.8. The lowest BCUT2D eigenvalue weighted by molar-refractivity contribution is 0.794. The highest BCUT2D eigenvalue weighted by Crippen LogP contribution is 2.23. The number of nitrogens with one attached hydrogen (secondary N) is 1. The van der Waals surface area contributed by atoms with Crippen molar-refractivity contribution < 1.29 is 0 Å². The van der Waals surface area contributed by atoms with Crippen LogP contribution in [0.5, 0.6) is 0 Å². The maximum atomic E-state index is 5.77. The van der Waals surface area contributed by atoms with Crippen LogP contribution >= 0.6 is 23.6 Å². The molecular formula is C14H17N3S2. The van der Waals surface area contributed by atoms with Crippen LogP contribution in [0.4, 0.5) is 5.69 Å². The zero-order valence-electron chi connectivity index (χ0n) is 11.0. The molecule has 0 amide bonds. The molecule has 0 saturated carbocycles. The number of thiazole rings is 1. The molecule has 0 spiro atoms. The van der Waals surface area contributed by atoms with E-state index in [2.05, 4.69) is 30.2 Å². The number of nitrogens with zero attached hydrogens (tertiary/aromatic N) is 1. The first-order valence-corrected chi connectivity index (χ1v) is 7.41. The number of benzene rings is 1. The molecule has 3 nitrogen and oxygen atoms in total. The van der Waals surface area contributed by atoms with Gasteiger partial charge in [-0.15, -0.1) is 11.3 Å². The van der Waals surface area contributed by atoms with Crippen molar-refractivity contribution in [1.29, 1.82) is 0 Å². The van der Waals surface area contributed by atoms with E-state index in [4.69, 9.17) is 18.0 Å². The summed E-state index contributed by atoms with van der Waals surface area (Å²) in [5.74, 6) is 0.360. The van der Waals surface area contributed by atoms with Gasteiger partial charge in [-0.3, -0.25) is 0 Å². The maximum Gasteiger partial charge on any atom is 0.106 e. The lowest BCUT2D eigenvalue weighted by atomic mass is 10.1. The molecule has 100 valence electrons. The summed E-state index contributed by atoms with van der Waals surface area (Å²) >= 11 is 6.78. The summed E-state index contributed by atoms with van der Waals surface area (Å²) in [4.78, 5) is 4.76. The quantitative estimate of drug-likeness (QED) is 0.830. The molecule has 0 bridgehead atoms. The van der Waals surface area contributed by atoms with Gasteiger partial charge in [0, 0.05) is 35.3 Å². The predicted octanol–water partition coefficient (Wildman–Crippen LogP) is 3.30. The first-order valence-electron chi connectivity index (χ1n) is 6.12. The normalized spacial score (nSPS) is 12.1. The van der Waals surface area contributed by atoms with E-state index in [9.17, 15) is 0 Å². The molecular weight excluding hydrogens is 274 g/mol. The molecule has 1 aromatic heterocycles. The molecule has 5 heteroatoms. The van der Waals surface area contributed by atoms with Crippen LogP contribution < -0.4 is 11.1 Å². The fraction of sp³-hybridized carbons (Fsp3) is 0.286. The second kappa shape index (κ2) is 6.12. The third kappa shape index (κ3) is 3.30. The van der Waals surface area contributed by atoms with E-state index in [1.165, 1.54) is 0 Å². The van der Waals surface area contributed by atoms with E-state index in [1.807, 2.05) is 23.7 Å². The lowest BCUT2D eigenvalue weighted by Gasteiger charge is -2.16. The van der Waals surface area contributed by atoms with Crippen molar-refractivity contribution in [1.82, 2.24) is 4.98 Å². The van der Waals surface area contributed by atoms with Crippen LogP contribution in [0.2, 0.25) is 0 Å². The Morgan fingerprint density at radius 1 is 1.53 bits per heavy atom. The van der Waals surface area contributed by atoms with E-state index in [0.29, 0.717) is 10.9 Å². The standard InChI is InChI=1S/C14H17N3S2/c1-9-4-3-5-11(13(15)18)12(9)17-8-10(2)14-16-6-7-19-14/h3-7,10,17H,8H2,1-2H3,(H2,15,18). The Labute approximate surface area is 122 Å². The number of rotatable bonds is 5.